The summed E-state index contributed by atoms with van der Waals surface area (Å²) in [5.74, 6) is 0.346. The van der Waals surface area contributed by atoms with Crippen LogP contribution >= 0.6 is 0 Å². The molecule has 2 rings (SSSR count). The van der Waals surface area contributed by atoms with Gasteiger partial charge in [-0.25, -0.2) is 4.79 Å². The van der Waals surface area contributed by atoms with Crippen molar-refractivity contribution < 1.29 is 14.3 Å². The molecule has 0 radical (unpaired) electrons. The van der Waals surface area contributed by atoms with Crippen molar-refractivity contribution in [3.05, 3.63) is 52.9 Å². The van der Waals surface area contributed by atoms with Crippen LogP contribution in [0.25, 0.3) is 5.69 Å². The van der Waals surface area contributed by atoms with Crippen LogP contribution in [-0.4, -0.2) is 36.1 Å². The topological polar surface area (TPSA) is 82.4 Å². The molecule has 2 aromatic rings. The molecule has 110 valence electrons. The summed E-state index contributed by atoms with van der Waals surface area (Å²) in [6, 6.07) is 10.4. The Kier molecular flexibility index (Phi) is 4.92. The first kappa shape index (κ1) is 14.6. The number of rotatable bonds is 5. The molecule has 0 saturated heterocycles. The van der Waals surface area contributed by atoms with Crippen LogP contribution in [0.15, 0.2) is 47.4 Å². The van der Waals surface area contributed by atoms with Gasteiger partial charge in [-0.2, -0.15) is 9.78 Å². The van der Waals surface area contributed by atoms with E-state index in [1.165, 1.54) is 24.1 Å². The Morgan fingerprint density at radius 3 is 2.76 bits per heavy atom. The predicted octanol–water partition coefficient (Wildman–Crippen LogP) is 0.967. The number of alkyl carbamates (subject to hydrolysis) is 1. The molecular formula is C14H15N3O4. The lowest BCUT2D eigenvalue weighted by Gasteiger charge is -2.08. The van der Waals surface area contributed by atoms with E-state index in [9.17, 15) is 9.59 Å². The van der Waals surface area contributed by atoms with Crippen molar-refractivity contribution in [2.45, 2.75) is 0 Å². The molecule has 0 atom stereocenters. The van der Waals surface area contributed by atoms with Gasteiger partial charge in [0, 0.05) is 6.07 Å². The Morgan fingerprint density at radius 2 is 2.10 bits per heavy atom. The molecule has 0 aliphatic heterocycles. The van der Waals surface area contributed by atoms with Crippen LogP contribution in [0.5, 0.6) is 5.75 Å². The quantitative estimate of drug-likeness (QED) is 0.829. The minimum atomic E-state index is -0.531. The second-order valence-corrected chi connectivity index (χ2v) is 4.04. The standard InChI is InChI=1S/C14H15N3O4/c1-20-14(19)15-7-8-21-12-9-13(18)17(16-10-12)11-5-3-2-4-6-11/h2-6,9-10H,7-8H2,1H3,(H,15,19). The van der Waals surface area contributed by atoms with E-state index < -0.39 is 6.09 Å². The highest BCUT2D eigenvalue weighted by molar-refractivity contribution is 5.66. The van der Waals surface area contributed by atoms with Crippen LogP contribution in [0, 0.1) is 0 Å². The summed E-state index contributed by atoms with van der Waals surface area (Å²) in [6.07, 6.45) is 0.920. The lowest BCUT2D eigenvalue weighted by molar-refractivity contribution is 0.168. The lowest BCUT2D eigenvalue weighted by atomic mass is 10.3. The molecule has 1 N–H and O–H groups in total. The maximum Gasteiger partial charge on any atom is 0.406 e. The summed E-state index contributed by atoms with van der Waals surface area (Å²) in [4.78, 5) is 22.8. The number of para-hydroxylation sites is 1. The zero-order chi connectivity index (χ0) is 15.1. The van der Waals surface area contributed by atoms with E-state index in [1.807, 2.05) is 18.2 Å². The normalized spacial score (nSPS) is 9.95. The molecule has 0 saturated carbocycles. The zero-order valence-corrected chi connectivity index (χ0v) is 11.5. The third-order valence-corrected chi connectivity index (χ3v) is 2.60. The summed E-state index contributed by atoms with van der Waals surface area (Å²) in [5, 5.41) is 6.51. The van der Waals surface area contributed by atoms with Gasteiger partial charge in [-0.1, -0.05) is 18.2 Å². The number of hydrogen-bond acceptors (Lipinski definition) is 5. The molecule has 7 nitrogen and oxygen atoms in total. The predicted molar refractivity (Wildman–Crippen MR) is 75.7 cm³/mol. The Morgan fingerprint density at radius 1 is 1.33 bits per heavy atom. The van der Waals surface area contributed by atoms with E-state index in [0.717, 1.165) is 0 Å². The largest absolute Gasteiger partial charge is 0.490 e. The summed E-state index contributed by atoms with van der Waals surface area (Å²) in [7, 11) is 1.28. The Balaban J connectivity index is 1.97. The van der Waals surface area contributed by atoms with Crippen LogP contribution in [0.1, 0.15) is 0 Å². The molecule has 0 unspecified atom stereocenters. The molecule has 0 bridgehead atoms. The number of hydrogen-bond donors (Lipinski definition) is 1. The molecule has 0 fully saturated rings. The van der Waals surface area contributed by atoms with Crippen LogP contribution in [-0.2, 0) is 4.74 Å². The summed E-state index contributed by atoms with van der Waals surface area (Å²) >= 11 is 0. The number of nitrogens with one attached hydrogen (secondary N) is 1. The van der Waals surface area contributed by atoms with Crippen LogP contribution in [0.2, 0.25) is 0 Å². The van der Waals surface area contributed by atoms with Crippen LogP contribution < -0.4 is 15.6 Å². The Bertz CT molecular complexity index is 655. The van der Waals surface area contributed by atoms with E-state index in [0.29, 0.717) is 11.4 Å². The average molecular weight is 289 g/mol. The number of methoxy groups -OCH3 is 1. The van der Waals surface area contributed by atoms with Gasteiger partial charge >= 0.3 is 6.09 Å². The molecule has 1 aromatic carbocycles. The second kappa shape index (κ2) is 7.09. The smallest absolute Gasteiger partial charge is 0.406 e. The van der Waals surface area contributed by atoms with Crippen molar-refractivity contribution in [3.63, 3.8) is 0 Å². The highest BCUT2D eigenvalue weighted by Crippen LogP contribution is 2.06. The number of amides is 1. The van der Waals surface area contributed by atoms with Crippen molar-refractivity contribution in [2.75, 3.05) is 20.3 Å². The lowest BCUT2D eigenvalue weighted by Crippen LogP contribution is -2.28. The van der Waals surface area contributed by atoms with Crippen molar-refractivity contribution >= 4 is 6.09 Å². The average Bonchev–Trinajstić information content (AvgIpc) is 2.52. The molecule has 1 heterocycles. The molecule has 21 heavy (non-hydrogen) atoms. The number of ether oxygens (including phenoxy) is 2. The van der Waals surface area contributed by atoms with Crippen molar-refractivity contribution in [1.82, 2.24) is 15.1 Å². The fourth-order valence-corrected chi connectivity index (χ4v) is 1.63. The second-order valence-electron chi connectivity index (χ2n) is 4.04. The molecule has 1 amide bonds. The number of benzene rings is 1. The van der Waals surface area contributed by atoms with Crippen LogP contribution in [0.4, 0.5) is 4.79 Å². The van der Waals surface area contributed by atoms with Gasteiger partial charge in [0.2, 0.25) is 0 Å². The molecule has 0 spiro atoms. The van der Waals surface area contributed by atoms with Crippen molar-refractivity contribution in [2.24, 2.45) is 0 Å². The monoisotopic (exact) mass is 289 g/mol. The van der Waals surface area contributed by atoms with E-state index in [4.69, 9.17) is 4.74 Å². The van der Waals surface area contributed by atoms with Gasteiger partial charge in [0.05, 0.1) is 25.5 Å². The van der Waals surface area contributed by atoms with Crippen molar-refractivity contribution in [3.8, 4) is 11.4 Å². The van der Waals surface area contributed by atoms with E-state index >= 15 is 0 Å². The fourth-order valence-electron chi connectivity index (χ4n) is 1.63. The summed E-state index contributed by atoms with van der Waals surface area (Å²) in [5.41, 5.74) is 0.390. The third kappa shape index (κ3) is 4.07. The van der Waals surface area contributed by atoms with Gasteiger partial charge < -0.3 is 14.8 Å². The first-order valence-corrected chi connectivity index (χ1v) is 6.30. The molecular weight excluding hydrogens is 274 g/mol. The van der Waals surface area contributed by atoms with E-state index in [1.54, 1.807) is 12.1 Å². The minimum Gasteiger partial charge on any atom is -0.490 e. The molecule has 1 aromatic heterocycles. The maximum absolute atomic E-state index is 12.0. The van der Waals surface area contributed by atoms with Gasteiger partial charge in [-0.15, -0.1) is 0 Å². The molecule has 0 aliphatic rings. The highest BCUT2D eigenvalue weighted by Gasteiger charge is 2.03. The van der Waals surface area contributed by atoms with Gasteiger partial charge in [-0.05, 0) is 12.1 Å². The molecule has 7 heteroatoms. The first-order valence-electron chi connectivity index (χ1n) is 6.30. The zero-order valence-electron chi connectivity index (χ0n) is 11.5. The van der Waals surface area contributed by atoms with Crippen LogP contribution in [0.3, 0.4) is 0 Å². The Labute approximate surface area is 121 Å². The SMILES string of the molecule is COC(=O)NCCOc1cnn(-c2ccccc2)c(=O)c1. The molecule has 0 aliphatic carbocycles. The van der Waals surface area contributed by atoms with E-state index in [2.05, 4.69) is 15.2 Å². The van der Waals surface area contributed by atoms with Crippen molar-refractivity contribution in [1.29, 1.82) is 0 Å². The first-order chi connectivity index (χ1) is 10.2. The number of nitrogens with zero attached hydrogens (tertiary/aromatic N) is 2. The minimum absolute atomic E-state index is 0.214. The maximum atomic E-state index is 12.0. The summed E-state index contributed by atoms with van der Waals surface area (Å²) in [6.45, 7) is 0.486. The fraction of sp³-hybridized carbons (Fsp3) is 0.214. The highest BCUT2D eigenvalue weighted by atomic mass is 16.5. The van der Waals surface area contributed by atoms with Gasteiger partial charge in [-0.3, -0.25) is 4.79 Å². The van der Waals surface area contributed by atoms with Gasteiger partial charge in [0.1, 0.15) is 12.4 Å². The van der Waals surface area contributed by atoms with Gasteiger partial charge in [0.25, 0.3) is 5.56 Å². The van der Waals surface area contributed by atoms with E-state index in [-0.39, 0.29) is 18.7 Å². The summed E-state index contributed by atoms with van der Waals surface area (Å²) < 4.78 is 11.0. The Hall–Kier alpha value is -2.83. The van der Waals surface area contributed by atoms with Gasteiger partial charge in [0.15, 0.2) is 0 Å². The number of aromatic nitrogens is 2. The third-order valence-electron chi connectivity index (χ3n) is 2.60. The number of carbonyl (C=O) groups excluding carboxylic acids is 1. The number of carbonyl (C=O) groups is 1.